The van der Waals surface area contributed by atoms with Crippen molar-refractivity contribution in [2.24, 2.45) is 0 Å². The van der Waals surface area contributed by atoms with Gasteiger partial charge in [0.25, 0.3) is 0 Å². The molecule has 0 amide bonds. The molecule has 1 aromatic heterocycles. The standard InChI is InChI=1S/C12H19N5O4/c1-3-13-12-15-8-9(17(19)20)11(16-12)14-7-5-6-10(18)21-4-2/h8H,3-7H2,1-2H3,(H2,13,14,15,16). The van der Waals surface area contributed by atoms with E-state index in [4.69, 9.17) is 4.74 Å². The van der Waals surface area contributed by atoms with Crippen molar-refractivity contribution in [1.29, 1.82) is 0 Å². The van der Waals surface area contributed by atoms with Gasteiger partial charge in [0.1, 0.15) is 6.20 Å². The van der Waals surface area contributed by atoms with Crippen LogP contribution in [0.1, 0.15) is 26.7 Å². The lowest BCUT2D eigenvalue weighted by molar-refractivity contribution is -0.384. The van der Waals surface area contributed by atoms with Gasteiger partial charge >= 0.3 is 11.7 Å². The van der Waals surface area contributed by atoms with Gasteiger partial charge < -0.3 is 15.4 Å². The van der Waals surface area contributed by atoms with Gasteiger partial charge in [-0.05, 0) is 20.3 Å². The van der Waals surface area contributed by atoms with Crippen molar-refractivity contribution in [3.63, 3.8) is 0 Å². The van der Waals surface area contributed by atoms with Crippen LogP contribution in [-0.2, 0) is 9.53 Å². The van der Waals surface area contributed by atoms with Crippen LogP contribution in [0.15, 0.2) is 6.20 Å². The molecule has 9 heteroatoms. The minimum atomic E-state index is -0.552. The first-order valence-electron chi connectivity index (χ1n) is 6.73. The number of nitrogens with one attached hydrogen (secondary N) is 2. The van der Waals surface area contributed by atoms with Crippen molar-refractivity contribution in [1.82, 2.24) is 9.97 Å². The van der Waals surface area contributed by atoms with Crippen LogP contribution in [0.25, 0.3) is 0 Å². The molecule has 0 aliphatic rings. The fraction of sp³-hybridized carbons (Fsp3) is 0.583. The third-order valence-corrected chi connectivity index (χ3v) is 2.46. The third kappa shape index (κ3) is 5.59. The number of hydrogen-bond acceptors (Lipinski definition) is 8. The molecule has 0 saturated heterocycles. The van der Waals surface area contributed by atoms with Crippen molar-refractivity contribution in [2.75, 3.05) is 30.3 Å². The molecule has 1 rings (SSSR count). The Labute approximate surface area is 122 Å². The summed E-state index contributed by atoms with van der Waals surface area (Å²) in [4.78, 5) is 29.4. The van der Waals surface area contributed by atoms with E-state index in [1.807, 2.05) is 6.92 Å². The Balaban J connectivity index is 2.60. The molecule has 21 heavy (non-hydrogen) atoms. The van der Waals surface area contributed by atoms with Gasteiger partial charge in [-0.2, -0.15) is 4.98 Å². The van der Waals surface area contributed by atoms with Gasteiger partial charge in [-0.1, -0.05) is 0 Å². The van der Waals surface area contributed by atoms with Crippen molar-refractivity contribution in [3.8, 4) is 0 Å². The third-order valence-electron chi connectivity index (χ3n) is 2.46. The molecule has 0 aromatic carbocycles. The predicted molar refractivity (Wildman–Crippen MR) is 77.2 cm³/mol. The number of nitro groups is 1. The Hall–Kier alpha value is -2.45. The molecule has 0 fully saturated rings. The summed E-state index contributed by atoms with van der Waals surface area (Å²) in [6.45, 7) is 4.94. The fourth-order valence-electron chi connectivity index (χ4n) is 1.56. The van der Waals surface area contributed by atoms with E-state index in [2.05, 4.69) is 20.6 Å². The first-order chi connectivity index (χ1) is 10.1. The minimum Gasteiger partial charge on any atom is -0.466 e. The maximum absolute atomic E-state index is 11.2. The SMILES string of the molecule is CCNc1ncc([N+](=O)[O-])c(NCCCC(=O)OCC)n1. The molecule has 2 N–H and O–H groups in total. The number of nitrogens with zero attached hydrogens (tertiary/aromatic N) is 3. The number of anilines is 2. The molecule has 116 valence electrons. The number of esters is 1. The summed E-state index contributed by atoms with van der Waals surface area (Å²) in [7, 11) is 0. The topological polar surface area (TPSA) is 119 Å². The second-order valence-electron chi connectivity index (χ2n) is 4.05. The molecule has 1 heterocycles. The second kappa shape index (κ2) is 8.67. The zero-order chi connectivity index (χ0) is 15.7. The Morgan fingerprint density at radius 2 is 2.19 bits per heavy atom. The molecule has 9 nitrogen and oxygen atoms in total. The van der Waals surface area contributed by atoms with Crippen LogP contribution in [0.5, 0.6) is 0 Å². The summed E-state index contributed by atoms with van der Waals surface area (Å²) in [6.07, 6.45) is 1.90. The molecule has 0 aliphatic carbocycles. The van der Waals surface area contributed by atoms with E-state index in [0.717, 1.165) is 6.20 Å². The monoisotopic (exact) mass is 297 g/mol. The predicted octanol–water partition coefficient (Wildman–Crippen LogP) is 1.57. The molecular formula is C12H19N5O4. The highest BCUT2D eigenvalue weighted by Crippen LogP contribution is 2.21. The van der Waals surface area contributed by atoms with E-state index in [1.165, 1.54) is 0 Å². The average Bonchev–Trinajstić information content (AvgIpc) is 2.44. The maximum atomic E-state index is 11.2. The Morgan fingerprint density at radius 3 is 2.81 bits per heavy atom. The van der Waals surface area contributed by atoms with E-state index in [0.29, 0.717) is 32.1 Å². The van der Waals surface area contributed by atoms with E-state index in [-0.39, 0.29) is 23.9 Å². The quantitative estimate of drug-likeness (QED) is 0.305. The number of rotatable bonds is 9. The number of aromatic nitrogens is 2. The number of carbonyl (C=O) groups excluding carboxylic acids is 1. The lowest BCUT2D eigenvalue weighted by atomic mass is 10.3. The summed E-state index contributed by atoms with van der Waals surface area (Å²) in [5, 5.41) is 16.6. The molecule has 0 aliphatic heterocycles. The highest BCUT2D eigenvalue weighted by Gasteiger charge is 2.16. The summed E-state index contributed by atoms with van der Waals surface area (Å²) >= 11 is 0. The number of hydrogen-bond donors (Lipinski definition) is 2. The summed E-state index contributed by atoms with van der Waals surface area (Å²) in [5.41, 5.74) is -0.201. The van der Waals surface area contributed by atoms with E-state index in [1.54, 1.807) is 6.92 Å². The lowest BCUT2D eigenvalue weighted by Gasteiger charge is -2.08. The molecule has 0 bridgehead atoms. The van der Waals surface area contributed by atoms with Crippen molar-refractivity contribution in [3.05, 3.63) is 16.3 Å². The van der Waals surface area contributed by atoms with Crippen LogP contribution in [-0.4, -0.2) is 40.6 Å². The van der Waals surface area contributed by atoms with Crippen LogP contribution in [0.3, 0.4) is 0 Å². The van der Waals surface area contributed by atoms with E-state index in [9.17, 15) is 14.9 Å². The molecule has 0 spiro atoms. The first kappa shape index (κ1) is 16.6. The van der Waals surface area contributed by atoms with Crippen LogP contribution < -0.4 is 10.6 Å². The Morgan fingerprint density at radius 1 is 1.43 bits per heavy atom. The molecule has 0 atom stereocenters. The molecule has 0 radical (unpaired) electrons. The Kier molecular flexibility index (Phi) is 6.85. The van der Waals surface area contributed by atoms with Crippen LogP contribution in [0.2, 0.25) is 0 Å². The van der Waals surface area contributed by atoms with Gasteiger partial charge in [-0.3, -0.25) is 14.9 Å². The highest BCUT2D eigenvalue weighted by atomic mass is 16.6. The van der Waals surface area contributed by atoms with Gasteiger partial charge in [-0.25, -0.2) is 4.98 Å². The van der Waals surface area contributed by atoms with Gasteiger partial charge in [0.15, 0.2) is 0 Å². The van der Waals surface area contributed by atoms with Crippen molar-refractivity contribution in [2.45, 2.75) is 26.7 Å². The van der Waals surface area contributed by atoms with Gasteiger partial charge in [0.2, 0.25) is 11.8 Å². The van der Waals surface area contributed by atoms with Crippen molar-refractivity contribution >= 4 is 23.4 Å². The normalized spacial score (nSPS) is 10.0. The van der Waals surface area contributed by atoms with E-state index < -0.39 is 4.92 Å². The highest BCUT2D eigenvalue weighted by molar-refractivity contribution is 5.69. The first-order valence-corrected chi connectivity index (χ1v) is 6.73. The lowest BCUT2D eigenvalue weighted by Crippen LogP contribution is -2.11. The van der Waals surface area contributed by atoms with Crippen molar-refractivity contribution < 1.29 is 14.5 Å². The van der Waals surface area contributed by atoms with Crippen LogP contribution in [0.4, 0.5) is 17.5 Å². The molecular weight excluding hydrogens is 278 g/mol. The van der Waals surface area contributed by atoms with Gasteiger partial charge in [-0.15, -0.1) is 0 Å². The van der Waals surface area contributed by atoms with Gasteiger partial charge in [0, 0.05) is 19.5 Å². The molecule has 1 aromatic rings. The minimum absolute atomic E-state index is 0.134. The molecule has 0 saturated carbocycles. The largest absolute Gasteiger partial charge is 0.466 e. The maximum Gasteiger partial charge on any atom is 0.329 e. The summed E-state index contributed by atoms with van der Waals surface area (Å²) < 4.78 is 4.80. The number of carbonyl (C=O) groups is 1. The summed E-state index contributed by atoms with van der Waals surface area (Å²) in [6, 6.07) is 0. The average molecular weight is 297 g/mol. The smallest absolute Gasteiger partial charge is 0.329 e. The Bertz CT molecular complexity index is 495. The summed E-state index contributed by atoms with van der Waals surface area (Å²) in [5.74, 6) is 0.163. The van der Waals surface area contributed by atoms with Crippen LogP contribution >= 0.6 is 0 Å². The fourth-order valence-corrected chi connectivity index (χ4v) is 1.56. The number of ether oxygens (including phenoxy) is 1. The second-order valence-corrected chi connectivity index (χ2v) is 4.05. The molecule has 0 unspecified atom stereocenters. The van der Waals surface area contributed by atoms with Gasteiger partial charge in [0.05, 0.1) is 11.5 Å². The zero-order valence-corrected chi connectivity index (χ0v) is 12.1. The van der Waals surface area contributed by atoms with Crippen LogP contribution in [0, 0.1) is 10.1 Å². The van der Waals surface area contributed by atoms with E-state index >= 15 is 0 Å². The zero-order valence-electron chi connectivity index (χ0n) is 12.1.